The molecule has 1 atom stereocenters. The minimum Gasteiger partial charge on any atom is -0.456 e. The molecule has 0 spiro atoms. The van der Waals surface area contributed by atoms with Crippen LogP contribution in [0, 0.1) is 0 Å². The quantitative estimate of drug-likeness (QED) is 0.819. The van der Waals surface area contributed by atoms with Crippen LogP contribution in [-0.4, -0.2) is 30.4 Å². The van der Waals surface area contributed by atoms with E-state index in [1.165, 1.54) is 4.90 Å². The number of aryl methyl sites for hydroxylation is 1. The number of esters is 1. The molecule has 3 rings (SSSR count). The van der Waals surface area contributed by atoms with E-state index in [9.17, 15) is 14.4 Å². The van der Waals surface area contributed by atoms with Gasteiger partial charge < -0.3 is 15.0 Å². The molecular formula is C19H20N2O4S. The van der Waals surface area contributed by atoms with Gasteiger partial charge >= 0.3 is 5.97 Å². The molecule has 26 heavy (non-hydrogen) atoms. The number of carbonyl (C=O) groups excluding carboxylic acids is 3. The summed E-state index contributed by atoms with van der Waals surface area (Å²) in [4.78, 5) is 38.1. The lowest BCUT2D eigenvalue weighted by atomic mass is 10.1. The molecule has 1 aliphatic heterocycles. The summed E-state index contributed by atoms with van der Waals surface area (Å²) in [5.41, 5.74) is 2.28. The SMILES string of the molecule is CC1CC(=O)Nc2ccccc2N1C(=O)COC(=O)CCc1ccsc1. The van der Waals surface area contributed by atoms with Crippen LogP contribution in [0.2, 0.25) is 0 Å². The van der Waals surface area contributed by atoms with Crippen molar-refractivity contribution in [2.75, 3.05) is 16.8 Å². The van der Waals surface area contributed by atoms with Gasteiger partial charge in [-0.3, -0.25) is 14.4 Å². The highest BCUT2D eigenvalue weighted by Gasteiger charge is 2.29. The second-order valence-electron chi connectivity index (χ2n) is 6.17. The lowest BCUT2D eigenvalue weighted by molar-refractivity contribution is -0.148. The topological polar surface area (TPSA) is 75.7 Å². The van der Waals surface area contributed by atoms with Gasteiger partial charge in [-0.1, -0.05) is 12.1 Å². The van der Waals surface area contributed by atoms with Crippen LogP contribution < -0.4 is 10.2 Å². The normalized spacial score (nSPS) is 16.4. The first-order chi connectivity index (χ1) is 12.5. The number of ether oxygens (including phenoxy) is 1. The largest absolute Gasteiger partial charge is 0.456 e. The Balaban J connectivity index is 1.63. The molecule has 6 nitrogen and oxygen atoms in total. The van der Waals surface area contributed by atoms with Crippen molar-refractivity contribution < 1.29 is 19.1 Å². The third-order valence-electron chi connectivity index (χ3n) is 4.18. The van der Waals surface area contributed by atoms with Gasteiger partial charge in [0.1, 0.15) is 0 Å². The summed E-state index contributed by atoms with van der Waals surface area (Å²) in [7, 11) is 0. The van der Waals surface area contributed by atoms with Crippen LogP contribution in [0.15, 0.2) is 41.1 Å². The average molecular weight is 372 g/mol. The van der Waals surface area contributed by atoms with Crippen molar-refractivity contribution in [1.82, 2.24) is 0 Å². The molecule has 1 unspecified atom stereocenters. The molecule has 0 aliphatic carbocycles. The van der Waals surface area contributed by atoms with Gasteiger partial charge in [-0.05, 0) is 47.9 Å². The lowest BCUT2D eigenvalue weighted by Crippen LogP contribution is -2.41. The molecule has 7 heteroatoms. The summed E-state index contributed by atoms with van der Waals surface area (Å²) in [6, 6.07) is 8.75. The minimum atomic E-state index is -0.408. The summed E-state index contributed by atoms with van der Waals surface area (Å²) in [6.07, 6.45) is 1.01. The van der Waals surface area contributed by atoms with Gasteiger partial charge in [-0.2, -0.15) is 11.3 Å². The highest BCUT2D eigenvalue weighted by Crippen LogP contribution is 2.31. The number of nitrogens with one attached hydrogen (secondary N) is 1. The summed E-state index contributed by atoms with van der Waals surface area (Å²) in [5, 5.41) is 6.74. The van der Waals surface area contributed by atoms with E-state index in [1.807, 2.05) is 16.8 Å². The molecule has 0 radical (unpaired) electrons. The van der Waals surface area contributed by atoms with Crippen LogP contribution in [0.5, 0.6) is 0 Å². The number of fused-ring (bicyclic) bond motifs is 1. The average Bonchev–Trinajstić information content (AvgIpc) is 3.09. The first-order valence-electron chi connectivity index (χ1n) is 8.42. The Morgan fingerprint density at radius 2 is 2.12 bits per heavy atom. The zero-order valence-corrected chi connectivity index (χ0v) is 15.3. The number of benzene rings is 1. The van der Waals surface area contributed by atoms with E-state index in [0.29, 0.717) is 17.8 Å². The predicted molar refractivity (Wildman–Crippen MR) is 100 cm³/mol. The fourth-order valence-corrected chi connectivity index (χ4v) is 3.64. The molecule has 1 aromatic carbocycles. The van der Waals surface area contributed by atoms with Crippen molar-refractivity contribution in [2.24, 2.45) is 0 Å². The molecule has 0 saturated carbocycles. The number of thiophene rings is 1. The maximum Gasteiger partial charge on any atom is 0.306 e. The molecule has 2 heterocycles. The molecular weight excluding hydrogens is 352 g/mol. The van der Waals surface area contributed by atoms with Crippen molar-refractivity contribution in [1.29, 1.82) is 0 Å². The maximum absolute atomic E-state index is 12.7. The molecule has 1 aromatic heterocycles. The molecule has 0 saturated heterocycles. The predicted octanol–water partition coefficient (Wildman–Crippen LogP) is 2.99. The smallest absolute Gasteiger partial charge is 0.306 e. The Bertz CT molecular complexity index is 804. The van der Waals surface area contributed by atoms with Crippen LogP contribution in [-0.2, 0) is 25.5 Å². The van der Waals surface area contributed by atoms with E-state index in [1.54, 1.807) is 42.5 Å². The molecule has 1 N–H and O–H groups in total. The second-order valence-corrected chi connectivity index (χ2v) is 6.95. The van der Waals surface area contributed by atoms with Crippen molar-refractivity contribution in [3.05, 3.63) is 46.7 Å². The van der Waals surface area contributed by atoms with Gasteiger partial charge in [0.25, 0.3) is 5.91 Å². The summed E-state index contributed by atoms with van der Waals surface area (Å²) in [6.45, 7) is 1.47. The molecule has 0 bridgehead atoms. The minimum absolute atomic E-state index is 0.145. The molecule has 136 valence electrons. The third-order valence-corrected chi connectivity index (χ3v) is 4.91. The number of anilines is 2. The number of carbonyl (C=O) groups is 3. The van der Waals surface area contributed by atoms with Crippen molar-refractivity contribution >= 4 is 40.5 Å². The van der Waals surface area contributed by atoms with Crippen LogP contribution in [0.25, 0.3) is 0 Å². The van der Waals surface area contributed by atoms with Gasteiger partial charge in [0.05, 0.1) is 11.4 Å². The van der Waals surface area contributed by atoms with Crippen LogP contribution in [0.1, 0.15) is 25.3 Å². The Morgan fingerprint density at radius 3 is 2.88 bits per heavy atom. The Hall–Kier alpha value is -2.67. The number of hydrogen-bond acceptors (Lipinski definition) is 5. The van der Waals surface area contributed by atoms with Gasteiger partial charge in [0.15, 0.2) is 6.61 Å². The van der Waals surface area contributed by atoms with E-state index < -0.39 is 5.97 Å². The van der Waals surface area contributed by atoms with Crippen molar-refractivity contribution in [2.45, 2.75) is 32.2 Å². The van der Waals surface area contributed by atoms with Crippen LogP contribution in [0.3, 0.4) is 0 Å². The number of rotatable bonds is 5. The molecule has 2 aromatic rings. The number of hydrogen-bond donors (Lipinski definition) is 1. The Morgan fingerprint density at radius 1 is 1.31 bits per heavy atom. The first kappa shape index (κ1) is 18.1. The summed E-state index contributed by atoms with van der Waals surface area (Å²) in [5.74, 6) is -0.896. The first-order valence-corrected chi connectivity index (χ1v) is 9.36. The van der Waals surface area contributed by atoms with E-state index >= 15 is 0 Å². The molecule has 0 fully saturated rings. The molecule has 2 amide bonds. The van der Waals surface area contributed by atoms with Crippen LogP contribution >= 0.6 is 11.3 Å². The number of amides is 2. The Labute approximate surface area is 155 Å². The Kier molecular flexibility index (Phi) is 5.68. The zero-order chi connectivity index (χ0) is 18.5. The monoisotopic (exact) mass is 372 g/mol. The fraction of sp³-hybridized carbons (Fsp3) is 0.316. The summed E-state index contributed by atoms with van der Waals surface area (Å²) < 4.78 is 5.15. The zero-order valence-electron chi connectivity index (χ0n) is 14.4. The maximum atomic E-state index is 12.7. The number of para-hydroxylation sites is 2. The van der Waals surface area contributed by atoms with Crippen molar-refractivity contribution in [3.8, 4) is 0 Å². The number of nitrogens with zero attached hydrogens (tertiary/aromatic N) is 1. The summed E-state index contributed by atoms with van der Waals surface area (Å²) >= 11 is 1.58. The highest BCUT2D eigenvalue weighted by molar-refractivity contribution is 7.07. The van der Waals surface area contributed by atoms with Gasteiger partial charge in [-0.15, -0.1) is 0 Å². The van der Waals surface area contributed by atoms with E-state index in [0.717, 1.165) is 5.56 Å². The van der Waals surface area contributed by atoms with E-state index in [2.05, 4.69) is 5.32 Å². The third kappa shape index (κ3) is 4.29. The highest BCUT2D eigenvalue weighted by atomic mass is 32.1. The van der Waals surface area contributed by atoms with E-state index in [4.69, 9.17) is 4.74 Å². The standard InChI is InChI=1S/C19H20N2O4S/c1-13-10-17(22)20-15-4-2-3-5-16(15)21(13)18(23)11-25-19(24)7-6-14-8-9-26-12-14/h2-5,8-9,12-13H,6-7,10-11H2,1H3,(H,20,22). The second kappa shape index (κ2) is 8.14. The van der Waals surface area contributed by atoms with Gasteiger partial charge in [0.2, 0.25) is 5.91 Å². The van der Waals surface area contributed by atoms with Crippen molar-refractivity contribution in [3.63, 3.8) is 0 Å². The van der Waals surface area contributed by atoms with Crippen LogP contribution in [0.4, 0.5) is 11.4 Å². The fourth-order valence-electron chi connectivity index (χ4n) is 2.93. The van der Waals surface area contributed by atoms with Gasteiger partial charge in [0, 0.05) is 18.9 Å². The molecule has 1 aliphatic rings. The van der Waals surface area contributed by atoms with Gasteiger partial charge in [-0.25, -0.2) is 0 Å². The lowest BCUT2D eigenvalue weighted by Gasteiger charge is -2.27. The van der Waals surface area contributed by atoms with E-state index in [-0.39, 0.29) is 37.3 Å².